The van der Waals surface area contributed by atoms with Gasteiger partial charge in [0.05, 0.1) is 13.2 Å². The summed E-state index contributed by atoms with van der Waals surface area (Å²) in [6.45, 7) is 8.46. The number of ether oxygens (including phenoxy) is 3. The van der Waals surface area contributed by atoms with Crippen molar-refractivity contribution in [3.05, 3.63) is 23.8 Å². The average molecular weight is 349 g/mol. The highest BCUT2D eigenvalue weighted by atomic mass is 16.5. The molecule has 1 aliphatic carbocycles. The summed E-state index contributed by atoms with van der Waals surface area (Å²) in [5.41, 5.74) is -0.0358. The Morgan fingerprint density at radius 2 is 1.88 bits per heavy atom. The molecule has 1 saturated carbocycles. The van der Waals surface area contributed by atoms with Gasteiger partial charge in [-0.3, -0.25) is 4.79 Å². The van der Waals surface area contributed by atoms with E-state index in [9.17, 15) is 9.59 Å². The van der Waals surface area contributed by atoms with Gasteiger partial charge >= 0.3 is 5.97 Å². The molecule has 1 N–H and O–H groups in total. The van der Waals surface area contributed by atoms with E-state index in [2.05, 4.69) is 5.32 Å². The van der Waals surface area contributed by atoms with Crippen molar-refractivity contribution in [2.75, 3.05) is 25.1 Å². The molecule has 0 heterocycles. The molecule has 1 atom stereocenters. The molecule has 1 aromatic carbocycles. The van der Waals surface area contributed by atoms with Crippen molar-refractivity contribution in [1.82, 2.24) is 0 Å². The normalized spacial score (nSPS) is 16.0. The maximum absolute atomic E-state index is 12.7. The van der Waals surface area contributed by atoms with Crippen LogP contribution >= 0.6 is 0 Å². The smallest absolute Gasteiger partial charge is 0.341 e. The number of esters is 1. The molecule has 1 aliphatic rings. The van der Waals surface area contributed by atoms with Crippen molar-refractivity contribution >= 4 is 17.6 Å². The van der Waals surface area contributed by atoms with E-state index in [1.807, 2.05) is 20.8 Å². The maximum Gasteiger partial charge on any atom is 0.341 e. The molecule has 0 saturated heterocycles. The molecular formula is C19H27NO5. The van der Waals surface area contributed by atoms with Crippen LogP contribution in [-0.4, -0.2) is 37.3 Å². The molecule has 25 heavy (non-hydrogen) atoms. The lowest BCUT2D eigenvalue weighted by Gasteiger charge is -2.28. The van der Waals surface area contributed by atoms with Gasteiger partial charge in [-0.2, -0.15) is 0 Å². The van der Waals surface area contributed by atoms with Crippen molar-refractivity contribution in [2.24, 2.45) is 5.92 Å². The molecule has 0 radical (unpaired) electrons. The molecule has 2 rings (SSSR count). The van der Waals surface area contributed by atoms with Gasteiger partial charge in [-0.1, -0.05) is 0 Å². The average Bonchev–Trinajstić information content (AvgIpc) is 3.42. The Morgan fingerprint density at radius 3 is 2.44 bits per heavy atom. The van der Waals surface area contributed by atoms with E-state index >= 15 is 0 Å². The third kappa shape index (κ3) is 4.51. The van der Waals surface area contributed by atoms with Crippen molar-refractivity contribution in [3.8, 4) is 5.75 Å². The second-order valence-corrected chi connectivity index (χ2v) is 6.13. The molecule has 6 heteroatoms. The maximum atomic E-state index is 12.7. The van der Waals surface area contributed by atoms with Crippen molar-refractivity contribution in [1.29, 1.82) is 0 Å². The van der Waals surface area contributed by atoms with Crippen LogP contribution in [0.3, 0.4) is 0 Å². The largest absolute Gasteiger partial charge is 0.493 e. The molecule has 1 amide bonds. The Kier molecular flexibility index (Phi) is 6.42. The van der Waals surface area contributed by atoms with Crippen molar-refractivity contribution in [2.45, 2.75) is 46.1 Å². The van der Waals surface area contributed by atoms with Crippen LogP contribution in [0, 0.1) is 5.92 Å². The lowest BCUT2D eigenvalue weighted by molar-refractivity contribution is -0.141. The second-order valence-electron chi connectivity index (χ2n) is 6.13. The summed E-state index contributed by atoms with van der Waals surface area (Å²) in [6.07, 6.45) is 1.97. The Labute approximate surface area is 148 Å². The van der Waals surface area contributed by atoms with Gasteiger partial charge in [0, 0.05) is 12.3 Å². The number of carbonyl (C=O) groups is 2. The summed E-state index contributed by atoms with van der Waals surface area (Å²) in [6, 6.07) is 4.96. The Hall–Kier alpha value is -2.08. The van der Waals surface area contributed by atoms with Crippen LogP contribution in [0.5, 0.6) is 5.75 Å². The first-order valence-electron chi connectivity index (χ1n) is 8.85. The van der Waals surface area contributed by atoms with Crippen LogP contribution in [0.25, 0.3) is 0 Å². The zero-order valence-electron chi connectivity index (χ0n) is 15.4. The number of nitrogens with one attached hydrogen (secondary N) is 1. The topological polar surface area (TPSA) is 73.9 Å². The van der Waals surface area contributed by atoms with Crippen LogP contribution in [0.1, 0.15) is 50.9 Å². The summed E-state index contributed by atoms with van der Waals surface area (Å²) in [5.74, 6) is 0.000942. The summed E-state index contributed by atoms with van der Waals surface area (Å²) in [5, 5.41) is 2.87. The highest BCUT2D eigenvalue weighted by Crippen LogP contribution is 2.42. The standard InChI is InChI=1S/C19H27NO5/c1-5-23-16-11-10-14(12-15(16)17(21)24-6-2)20-18(22)19(4,25-7-3)13-8-9-13/h10-13H,5-9H2,1-4H3,(H,20,22)/t19-/m0/s1. The van der Waals surface area contributed by atoms with Gasteiger partial charge in [-0.15, -0.1) is 0 Å². The molecule has 0 bridgehead atoms. The van der Waals surface area contributed by atoms with E-state index in [0.717, 1.165) is 12.8 Å². The number of amides is 1. The number of anilines is 1. The molecular weight excluding hydrogens is 322 g/mol. The fraction of sp³-hybridized carbons (Fsp3) is 0.579. The van der Waals surface area contributed by atoms with E-state index in [1.165, 1.54) is 0 Å². The molecule has 0 spiro atoms. The number of rotatable bonds is 9. The Bertz CT molecular complexity index is 626. The van der Waals surface area contributed by atoms with Crippen LogP contribution in [0.15, 0.2) is 18.2 Å². The third-order valence-electron chi connectivity index (χ3n) is 4.28. The predicted octanol–water partition coefficient (Wildman–Crippen LogP) is 3.41. The van der Waals surface area contributed by atoms with Gasteiger partial charge in [0.1, 0.15) is 16.9 Å². The van der Waals surface area contributed by atoms with Crippen LogP contribution in [0.4, 0.5) is 5.69 Å². The lowest BCUT2D eigenvalue weighted by Crippen LogP contribution is -2.44. The fourth-order valence-electron chi connectivity index (χ4n) is 2.82. The van der Waals surface area contributed by atoms with Gasteiger partial charge in [0.2, 0.25) is 0 Å². The van der Waals surface area contributed by atoms with E-state index in [4.69, 9.17) is 14.2 Å². The number of hydrogen-bond donors (Lipinski definition) is 1. The van der Waals surface area contributed by atoms with Gasteiger partial charge in [-0.05, 0) is 64.7 Å². The Morgan fingerprint density at radius 1 is 1.16 bits per heavy atom. The van der Waals surface area contributed by atoms with E-state index in [0.29, 0.717) is 30.2 Å². The molecule has 138 valence electrons. The first-order chi connectivity index (χ1) is 12.0. The van der Waals surface area contributed by atoms with Crippen LogP contribution in [0.2, 0.25) is 0 Å². The SMILES string of the molecule is CCOC(=O)c1cc(NC(=O)[C@@](C)(OCC)C2CC2)ccc1OCC. The first-order valence-corrected chi connectivity index (χ1v) is 8.85. The minimum absolute atomic E-state index is 0.198. The molecule has 0 unspecified atom stereocenters. The van der Waals surface area contributed by atoms with E-state index < -0.39 is 11.6 Å². The first kappa shape index (κ1) is 19.2. The Balaban J connectivity index is 2.22. The highest BCUT2D eigenvalue weighted by molar-refractivity contribution is 6.00. The number of carbonyl (C=O) groups excluding carboxylic acids is 2. The summed E-state index contributed by atoms with van der Waals surface area (Å²) in [4.78, 5) is 24.9. The zero-order chi connectivity index (χ0) is 18.4. The quantitative estimate of drug-likeness (QED) is 0.692. The summed E-state index contributed by atoms with van der Waals surface area (Å²) < 4.78 is 16.3. The summed E-state index contributed by atoms with van der Waals surface area (Å²) in [7, 11) is 0. The lowest BCUT2D eigenvalue weighted by atomic mass is 9.98. The number of benzene rings is 1. The van der Waals surface area contributed by atoms with Crippen molar-refractivity contribution < 1.29 is 23.8 Å². The zero-order valence-corrected chi connectivity index (χ0v) is 15.4. The van der Waals surface area contributed by atoms with Gasteiger partial charge in [0.25, 0.3) is 5.91 Å². The van der Waals surface area contributed by atoms with Gasteiger partial charge in [0.15, 0.2) is 0 Å². The highest BCUT2D eigenvalue weighted by Gasteiger charge is 2.48. The minimum Gasteiger partial charge on any atom is -0.493 e. The molecule has 0 aliphatic heterocycles. The van der Waals surface area contributed by atoms with Gasteiger partial charge < -0.3 is 19.5 Å². The van der Waals surface area contributed by atoms with Gasteiger partial charge in [-0.25, -0.2) is 4.79 Å². The van der Waals surface area contributed by atoms with Crippen LogP contribution in [-0.2, 0) is 14.3 Å². The van der Waals surface area contributed by atoms with E-state index in [1.54, 1.807) is 25.1 Å². The van der Waals surface area contributed by atoms with Crippen LogP contribution < -0.4 is 10.1 Å². The minimum atomic E-state index is -0.850. The van der Waals surface area contributed by atoms with Crippen molar-refractivity contribution in [3.63, 3.8) is 0 Å². The molecule has 0 aromatic heterocycles. The monoisotopic (exact) mass is 349 g/mol. The summed E-state index contributed by atoms with van der Waals surface area (Å²) >= 11 is 0. The fourth-order valence-corrected chi connectivity index (χ4v) is 2.82. The molecule has 1 fully saturated rings. The number of hydrogen-bond acceptors (Lipinski definition) is 5. The third-order valence-corrected chi connectivity index (χ3v) is 4.28. The second kappa shape index (κ2) is 8.34. The predicted molar refractivity (Wildman–Crippen MR) is 95.0 cm³/mol. The molecule has 6 nitrogen and oxygen atoms in total. The van der Waals surface area contributed by atoms with E-state index in [-0.39, 0.29) is 18.4 Å². The molecule has 1 aromatic rings.